The summed E-state index contributed by atoms with van der Waals surface area (Å²) in [4.78, 5) is 31.2. The first-order valence-corrected chi connectivity index (χ1v) is 9.59. The standard InChI is InChI=1S/C22H26N4O2/c1-4-16-10-6-7-11-17(16)24-21(27)14-25(3)22(28)15-26-19-13-9-8-12-18(19)23-20(26)5-2/h6-13H,4-5,14-15H2,1-3H3,(H,24,27). The third-order valence-corrected chi connectivity index (χ3v) is 4.82. The predicted molar refractivity (Wildman–Crippen MR) is 111 cm³/mol. The fourth-order valence-corrected chi connectivity index (χ4v) is 3.27. The van der Waals surface area contributed by atoms with Crippen molar-refractivity contribution >= 4 is 28.5 Å². The molecule has 6 nitrogen and oxygen atoms in total. The summed E-state index contributed by atoms with van der Waals surface area (Å²) in [7, 11) is 1.65. The van der Waals surface area contributed by atoms with E-state index in [1.54, 1.807) is 7.05 Å². The van der Waals surface area contributed by atoms with Gasteiger partial charge in [0.15, 0.2) is 0 Å². The quantitative estimate of drug-likeness (QED) is 0.686. The van der Waals surface area contributed by atoms with Crippen LogP contribution < -0.4 is 5.32 Å². The number of likely N-dealkylation sites (N-methyl/N-ethyl adjacent to an activating group) is 1. The number of amides is 2. The molecule has 1 heterocycles. The smallest absolute Gasteiger partial charge is 0.243 e. The van der Waals surface area contributed by atoms with E-state index in [-0.39, 0.29) is 24.9 Å². The van der Waals surface area contributed by atoms with Crippen molar-refractivity contribution in [1.82, 2.24) is 14.5 Å². The fraction of sp³-hybridized carbons (Fsp3) is 0.318. The molecule has 0 spiro atoms. The van der Waals surface area contributed by atoms with Gasteiger partial charge >= 0.3 is 0 Å². The van der Waals surface area contributed by atoms with E-state index in [1.807, 2.05) is 66.9 Å². The average Bonchev–Trinajstić information content (AvgIpc) is 3.06. The summed E-state index contributed by atoms with van der Waals surface area (Å²) in [5, 5.41) is 2.91. The second kappa shape index (κ2) is 8.69. The number of hydrogen-bond acceptors (Lipinski definition) is 3. The largest absolute Gasteiger partial charge is 0.335 e. The Morgan fingerprint density at radius 3 is 2.50 bits per heavy atom. The van der Waals surface area contributed by atoms with Gasteiger partial charge in [-0.2, -0.15) is 0 Å². The number of carbonyl (C=O) groups excluding carboxylic acids is 2. The molecular weight excluding hydrogens is 352 g/mol. The zero-order valence-electron chi connectivity index (χ0n) is 16.6. The maximum atomic E-state index is 12.7. The Labute approximate surface area is 165 Å². The molecule has 0 bridgehead atoms. The van der Waals surface area contributed by atoms with E-state index in [0.29, 0.717) is 0 Å². The molecule has 0 aliphatic carbocycles. The van der Waals surface area contributed by atoms with E-state index in [0.717, 1.165) is 41.0 Å². The lowest BCUT2D eigenvalue weighted by molar-refractivity contribution is -0.133. The second-order valence-electron chi connectivity index (χ2n) is 6.77. The highest BCUT2D eigenvalue weighted by atomic mass is 16.2. The van der Waals surface area contributed by atoms with Crippen molar-refractivity contribution < 1.29 is 9.59 Å². The second-order valence-corrected chi connectivity index (χ2v) is 6.77. The van der Waals surface area contributed by atoms with E-state index < -0.39 is 0 Å². The van der Waals surface area contributed by atoms with Crippen LogP contribution >= 0.6 is 0 Å². The Hall–Kier alpha value is -3.15. The number of para-hydroxylation sites is 3. The Morgan fingerprint density at radius 2 is 1.75 bits per heavy atom. The van der Waals surface area contributed by atoms with Crippen LogP contribution in [0.1, 0.15) is 25.2 Å². The van der Waals surface area contributed by atoms with Crippen LogP contribution in [0.4, 0.5) is 5.69 Å². The molecule has 0 radical (unpaired) electrons. The van der Waals surface area contributed by atoms with Crippen LogP contribution in [0.15, 0.2) is 48.5 Å². The summed E-state index contributed by atoms with van der Waals surface area (Å²) in [6.07, 6.45) is 1.57. The van der Waals surface area contributed by atoms with Gasteiger partial charge in [0, 0.05) is 19.2 Å². The minimum atomic E-state index is -0.206. The Kier molecular flexibility index (Phi) is 6.09. The van der Waals surface area contributed by atoms with Crippen molar-refractivity contribution in [3.63, 3.8) is 0 Å². The van der Waals surface area contributed by atoms with Crippen LogP contribution in [-0.4, -0.2) is 39.9 Å². The molecular formula is C22H26N4O2. The lowest BCUT2D eigenvalue weighted by Crippen LogP contribution is -2.37. The van der Waals surface area contributed by atoms with E-state index in [9.17, 15) is 9.59 Å². The van der Waals surface area contributed by atoms with Gasteiger partial charge in [-0.25, -0.2) is 4.98 Å². The molecule has 0 saturated carbocycles. The highest BCUT2D eigenvalue weighted by Crippen LogP contribution is 2.17. The number of anilines is 1. The molecule has 2 aromatic carbocycles. The van der Waals surface area contributed by atoms with Crippen molar-refractivity contribution in [2.75, 3.05) is 18.9 Å². The van der Waals surface area contributed by atoms with Crippen LogP contribution in [0.2, 0.25) is 0 Å². The number of rotatable bonds is 7. The monoisotopic (exact) mass is 378 g/mol. The van der Waals surface area contributed by atoms with E-state index in [1.165, 1.54) is 4.90 Å². The van der Waals surface area contributed by atoms with Crippen molar-refractivity contribution in [3.05, 3.63) is 59.9 Å². The number of nitrogens with one attached hydrogen (secondary N) is 1. The Balaban J connectivity index is 1.67. The lowest BCUT2D eigenvalue weighted by atomic mass is 10.1. The number of fused-ring (bicyclic) bond motifs is 1. The summed E-state index contributed by atoms with van der Waals surface area (Å²) >= 11 is 0. The van der Waals surface area contributed by atoms with E-state index in [2.05, 4.69) is 10.3 Å². The van der Waals surface area contributed by atoms with Gasteiger partial charge in [0.1, 0.15) is 12.4 Å². The van der Waals surface area contributed by atoms with Crippen LogP contribution in [-0.2, 0) is 29.0 Å². The topological polar surface area (TPSA) is 67.2 Å². The van der Waals surface area contributed by atoms with Crippen LogP contribution in [0, 0.1) is 0 Å². The molecule has 2 amide bonds. The zero-order chi connectivity index (χ0) is 20.1. The first-order chi connectivity index (χ1) is 13.5. The van der Waals surface area contributed by atoms with Gasteiger partial charge in [-0.15, -0.1) is 0 Å². The molecule has 28 heavy (non-hydrogen) atoms. The van der Waals surface area contributed by atoms with E-state index in [4.69, 9.17) is 0 Å². The van der Waals surface area contributed by atoms with E-state index >= 15 is 0 Å². The predicted octanol–water partition coefficient (Wildman–Crippen LogP) is 3.26. The molecule has 3 rings (SSSR count). The SMILES string of the molecule is CCc1ccccc1NC(=O)CN(C)C(=O)Cn1c(CC)nc2ccccc21. The Bertz CT molecular complexity index is 993. The van der Waals surface area contributed by atoms with Crippen molar-refractivity contribution in [2.45, 2.75) is 33.2 Å². The maximum Gasteiger partial charge on any atom is 0.243 e. The van der Waals surface area contributed by atoms with Gasteiger partial charge in [-0.3, -0.25) is 9.59 Å². The maximum absolute atomic E-state index is 12.7. The molecule has 0 aliphatic heterocycles. The summed E-state index contributed by atoms with van der Waals surface area (Å²) in [6, 6.07) is 15.5. The highest BCUT2D eigenvalue weighted by molar-refractivity contribution is 5.95. The number of aromatic nitrogens is 2. The number of benzene rings is 2. The number of imidazole rings is 1. The summed E-state index contributed by atoms with van der Waals surface area (Å²) in [5.74, 6) is 0.531. The van der Waals surface area contributed by atoms with Gasteiger partial charge in [-0.05, 0) is 30.2 Å². The molecule has 0 saturated heterocycles. The first kappa shape index (κ1) is 19.6. The molecule has 3 aromatic rings. The average molecular weight is 378 g/mol. The van der Waals surface area contributed by atoms with Crippen molar-refractivity contribution in [1.29, 1.82) is 0 Å². The summed E-state index contributed by atoms with van der Waals surface area (Å²) < 4.78 is 1.93. The van der Waals surface area contributed by atoms with Gasteiger partial charge in [0.05, 0.1) is 17.6 Å². The normalized spacial score (nSPS) is 10.8. The fourth-order valence-electron chi connectivity index (χ4n) is 3.27. The van der Waals surface area contributed by atoms with Crippen LogP contribution in [0.3, 0.4) is 0 Å². The molecule has 146 valence electrons. The minimum absolute atomic E-state index is 0.00493. The molecule has 1 aromatic heterocycles. The molecule has 6 heteroatoms. The molecule has 0 unspecified atom stereocenters. The molecule has 0 fully saturated rings. The number of hydrogen-bond donors (Lipinski definition) is 1. The highest BCUT2D eigenvalue weighted by Gasteiger charge is 2.17. The van der Waals surface area contributed by atoms with Gasteiger partial charge in [0.25, 0.3) is 0 Å². The van der Waals surface area contributed by atoms with Crippen LogP contribution in [0.25, 0.3) is 11.0 Å². The van der Waals surface area contributed by atoms with Gasteiger partial charge < -0.3 is 14.8 Å². The molecule has 0 aliphatic rings. The third-order valence-electron chi connectivity index (χ3n) is 4.82. The summed E-state index contributed by atoms with van der Waals surface area (Å²) in [5.41, 5.74) is 3.68. The van der Waals surface area contributed by atoms with Crippen molar-refractivity contribution in [3.8, 4) is 0 Å². The number of carbonyl (C=O) groups is 2. The zero-order valence-corrected chi connectivity index (χ0v) is 16.6. The summed E-state index contributed by atoms with van der Waals surface area (Å²) in [6.45, 7) is 4.23. The first-order valence-electron chi connectivity index (χ1n) is 9.59. The van der Waals surface area contributed by atoms with Crippen molar-refractivity contribution in [2.24, 2.45) is 0 Å². The van der Waals surface area contributed by atoms with Crippen LogP contribution in [0.5, 0.6) is 0 Å². The van der Waals surface area contributed by atoms with Gasteiger partial charge in [0.2, 0.25) is 11.8 Å². The Morgan fingerprint density at radius 1 is 1.04 bits per heavy atom. The third kappa shape index (κ3) is 4.22. The number of aryl methyl sites for hydroxylation is 2. The minimum Gasteiger partial charge on any atom is -0.335 e. The van der Waals surface area contributed by atoms with Gasteiger partial charge in [-0.1, -0.05) is 44.2 Å². The molecule has 1 N–H and O–H groups in total. The lowest BCUT2D eigenvalue weighted by Gasteiger charge is -2.19. The molecule has 0 atom stereocenters. The number of nitrogens with zero attached hydrogens (tertiary/aromatic N) is 3.